The van der Waals surface area contributed by atoms with Gasteiger partial charge in [-0.25, -0.2) is 10.1 Å². The number of rotatable bonds is 1. The Kier molecular flexibility index (Phi) is 1.77. The topological polar surface area (TPSA) is 48.1 Å². The van der Waals surface area contributed by atoms with E-state index in [1.807, 2.05) is 19.1 Å². The molecule has 0 saturated carbocycles. The zero-order valence-electron chi connectivity index (χ0n) is 8.02. The normalized spacial score (nSPS) is 10.7. The van der Waals surface area contributed by atoms with Gasteiger partial charge in [0.05, 0.1) is 5.69 Å². The summed E-state index contributed by atoms with van der Waals surface area (Å²) in [5, 5.41) is 11.4. The lowest BCUT2D eigenvalue weighted by Gasteiger charge is -1.94. The van der Waals surface area contributed by atoms with Crippen molar-refractivity contribution in [3.63, 3.8) is 0 Å². The average Bonchev–Trinajstić information content (AvgIpc) is 2.41. The van der Waals surface area contributed by atoms with Crippen LogP contribution >= 0.6 is 0 Å². The van der Waals surface area contributed by atoms with Gasteiger partial charge in [-0.2, -0.15) is 0 Å². The summed E-state index contributed by atoms with van der Waals surface area (Å²) in [6, 6.07) is 7.36. The predicted octanol–water partition coefficient (Wildman–Crippen LogP) is 2.30. The van der Waals surface area contributed by atoms with Crippen LogP contribution in [0.1, 0.15) is 11.3 Å². The maximum Gasteiger partial charge on any atom is 0.169 e. The van der Waals surface area contributed by atoms with E-state index in [0.717, 1.165) is 15.6 Å². The van der Waals surface area contributed by atoms with Crippen molar-refractivity contribution in [3.8, 4) is 0 Å². The van der Waals surface area contributed by atoms with Crippen LogP contribution in [0.3, 0.4) is 0 Å². The van der Waals surface area contributed by atoms with E-state index >= 15 is 0 Å². The lowest BCUT2D eigenvalue weighted by Crippen LogP contribution is -2.09. The minimum atomic E-state index is -0.384. The molecule has 1 heterocycles. The highest BCUT2D eigenvalue weighted by atomic mass is 16.7. The Labute approximate surface area is 80.9 Å². The van der Waals surface area contributed by atoms with Crippen LogP contribution in [-0.4, -0.2) is 9.71 Å². The fourth-order valence-electron chi connectivity index (χ4n) is 1.72. The van der Waals surface area contributed by atoms with Crippen LogP contribution < -0.4 is 0 Å². The Balaban J connectivity index is 2.95. The van der Waals surface area contributed by atoms with Crippen molar-refractivity contribution >= 4 is 10.9 Å². The first-order chi connectivity index (χ1) is 6.63. The van der Waals surface area contributed by atoms with E-state index in [9.17, 15) is 10.1 Å². The Morgan fingerprint density at radius 1 is 1.29 bits per heavy atom. The Bertz CT molecular complexity index is 514. The molecular weight excluding hydrogens is 180 g/mol. The lowest BCUT2D eigenvalue weighted by atomic mass is 10.2. The smallest absolute Gasteiger partial charge is 0.169 e. The summed E-state index contributed by atoms with van der Waals surface area (Å²) >= 11 is 0. The van der Waals surface area contributed by atoms with Gasteiger partial charge in [0.15, 0.2) is 5.03 Å². The second-order valence-corrected chi connectivity index (χ2v) is 3.28. The summed E-state index contributed by atoms with van der Waals surface area (Å²) in [5.41, 5.74) is 2.32. The van der Waals surface area contributed by atoms with E-state index in [2.05, 4.69) is 0 Å². The largest absolute Gasteiger partial charge is 0.234 e. The van der Waals surface area contributed by atoms with Gasteiger partial charge in [0, 0.05) is 5.39 Å². The van der Waals surface area contributed by atoms with Gasteiger partial charge in [-0.1, -0.05) is 22.9 Å². The van der Waals surface area contributed by atoms with Gasteiger partial charge in [-0.3, -0.25) is 0 Å². The number of benzene rings is 1. The van der Waals surface area contributed by atoms with Crippen LogP contribution in [0.5, 0.6) is 0 Å². The molecular formula is C10H10N2O2. The zero-order chi connectivity index (χ0) is 10.3. The molecule has 0 N–H and O–H groups in total. The van der Waals surface area contributed by atoms with E-state index in [1.165, 1.54) is 0 Å². The third-order valence-electron chi connectivity index (χ3n) is 2.56. The summed E-state index contributed by atoms with van der Waals surface area (Å²) in [7, 11) is 0. The molecule has 0 atom stereocenters. The Hall–Kier alpha value is -1.84. The molecule has 2 rings (SSSR count). The molecule has 0 spiro atoms. The molecule has 0 saturated heterocycles. The molecule has 72 valence electrons. The summed E-state index contributed by atoms with van der Waals surface area (Å²) in [6.07, 6.45) is 0. The number of aryl methyl sites for hydroxylation is 1. The third-order valence-corrected chi connectivity index (χ3v) is 2.56. The van der Waals surface area contributed by atoms with Crippen molar-refractivity contribution in [1.29, 1.82) is 0 Å². The van der Waals surface area contributed by atoms with Crippen molar-refractivity contribution in [2.45, 2.75) is 13.8 Å². The van der Waals surface area contributed by atoms with Gasteiger partial charge in [-0.05, 0) is 25.5 Å². The molecule has 4 heteroatoms. The molecule has 14 heavy (non-hydrogen) atoms. The molecule has 1 aromatic carbocycles. The van der Waals surface area contributed by atoms with Gasteiger partial charge in [0.25, 0.3) is 0 Å². The van der Waals surface area contributed by atoms with Crippen LogP contribution in [0.15, 0.2) is 24.3 Å². The Morgan fingerprint density at radius 3 is 2.57 bits per heavy atom. The van der Waals surface area contributed by atoms with E-state index < -0.39 is 0 Å². The molecule has 4 nitrogen and oxygen atoms in total. The van der Waals surface area contributed by atoms with Gasteiger partial charge in [-0.15, -0.1) is 0 Å². The summed E-state index contributed by atoms with van der Waals surface area (Å²) < 4.78 is 1.13. The van der Waals surface area contributed by atoms with Gasteiger partial charge < -0.3 is 0 Å². The molecule has 0 radical (unpaired) electrons. The lowest BCUT2D eigenvalue weighted by molar-refractivity contribution is -0.538. The number of para-hydroxylation sites is 1. The van der Waals surface area contributed by atoms with E-state index in [1.54, 1.807) is 19.1 Å². The third kappa shape index (κ3) is 1.00. The predicted molar refractivity (Wildman–Crippen MR) is 53.8 cm³/mol. The van der Waals surface area contributed by atoms with Crippen molar-refractivity contribution in [3.05, 3.63) is 45.6 Å². The molecule has 0 bridgehead atoms. The van der Waals surface area contributed by atoms with Crippen LogP contribution in [0.25, 0.3) is 10.9 Å². The molecule has 1 aromatic heterocycles. The molecule has 0 amide bonds. The number of hydrogen-bond acceptors (Lipinski definition) is 2. The minimum Gasteiger partial charge on any atom is -0.234 e. The van der Waals surface area contributed by atoms with Gasteiger partial charge in [0.1, 0.15) is 5.52 Å². The van der Waals surface area contributed by atoms with Crippen LogP contribution in [0.4, 0.5) is 0 Å². The van der Waals surface area contributed by atoms with Gasteiger partial charge >= 0.3 is 0 Å². The quantitative estimate of drug-likeness (QED) is 0.511. The van der Waals surface area contributed by atoms with Crippen LogP contribution in [0.2, 0.25) is 0 Å². The highest BCUT2D eigenvalue weighted by Gasteiger charge is 2.16. The van der Waals surface area contributed by atoms with Crippen LogP contribution in [-0.2, 0) is 0 Å². The molecule has 0 fully saturated rings. The zero-order valence-corrected chi connectivity index (χ0v) is 8.02. The van der Waals surface area contributed by atoms with Crippen molar-refractivity contribution in [2.75, 3.05) is 0 Å². The first-order valence-electron chi connectivity index (χ1n) is 4.34. The molecule has 2 aromatic rings. The number of nitrogens with zero attached hydrogens (tertiary/aromatic N) is 2. The molecule has 0 aliphatic rings. The minimum absolute atomic E-state index is 0.384. The molecule has 0 aliphatic heterocycles. The first-order valence-corrected chi connectivity index (χ1v) is 4.34. The summed E-state index contributed by atoms with van der Waals surface area (Å²) in [5.74, 6) is 0. The Morgan fingerprint density at radius 2 is 1.93 bits per heavy atom. The van der Waals surface area contributed by atoms with E-state index in [4.69, 9.17) is 0 Å². The van der Waals surface area contributed by atoms with Crippen molar-refractivity contribution in [2.24, 2.45) is 0 Å². The number of nitro groups is 1. The second-order valence-electron chi connectivity index (χ2n) is 3.28. The van der Waals surface area contributed by atoms with E-state index in [-0.39, 0.29) is 5.03 Å². The first kappa shape index (κ1) is 8.74. The summed E-state index contributed by atoms with van der Waals surface area (Å²) in [4.78, 5) is 10.8. The maximum absolute atomic E-state index is 10.8. The molecule has 0 unspecified atom stereocenters. The second kappa shape index (κ2) is 2.83. The highest BCUT2D eigenvalue weighted by molar-refractivity contribution is 5.84. The standard InChI is InChI=1S/C10H10N2O2/c1-7-8(2)11(12(13)14)10-6-4-3-5-9(7)10/h3-6H,1-2H3. The van der Waals surface area contributed by atoms with Crippen molar-refractivity contribution < 1.29 is 5.03 Å². The molecule has 0 aliphatic carbocycles. The fourth-order valence-corrected chi connectivity index (χ4v) is 1.72. The SMILES string of the molecule is Cc1c(C)n([N+](=O)[O-])c2ccccc12. The monoisotopic (exact) mass is 190 g/mol. The van der Waals surface area contributed by atoms with E-state index in [0.29, 0.717) is 11.2 Å². The van der Waals surface area contributed by atoms with Crippen molar-refractivity contribution in [1.82, 2.24) is 4.68 Å². The number of fused-ring (bicyclic) bond motifs is 1. The average molecular weight is 190 g/mol. The summed E-state index contributed by atoms with van der Waals surface area (Å²) in [6.45, 7) is 3.66. The maximum atomic E-state index is 10.8. The fraction of sp³-hybridized carbons (Fsp3) is 0.200. The highest BCUT2D eigenvalue weighted by Crippen LogP contribution is 2.24. The number of hydrogen-bond donors (Lipinski definition) is 0. The van der Waals surface area contributed by atoms with Gasteiger partial charge in [0.2, 0.25) is 0 Å². The van der Waals surface area contributed by atoms with Crippen LogP contribution in [0, 0.1) is 24.0 Å². The number of aromatic nitrogens is 1.